The molecule has 18 heavy (non-hydrogen) atoms. The van der Waals surface area contributed by atoms with Crippen LogP contribution in [0.2, 0.25) is 5.02 Å². The summed E-state index contributed by atoms with van der Waals surface area (Å²) in [6, 6.07) is 8.11. The fourth-order valence-corrected chi connectivity index (χ4v) is 2.11. The minimum Gasteiger partial charge on any atom is -0.380 e. The number of halogens is 1. The summed E-state index contributed by atoms with van der Waals surface area (Å²) >= 11 is 5.93. The third kappa shape index (κ3) is 4.60. The van der Waals surface area contributed by atoms with Crippen molar-refractivity contribution < 1.29 is 4.74 Å². The summed E-state index contributed by atoms with van der Waals surface area (Å²) in [6.45, 7) is 5.81. The summed E-state index contributed by atoms with van der Waals surface area (Å²) in [6.07, 6.45) is 2.69. The third-order valence-electron chi connectivity index (χ3n) is 3.35. The third-order valence-corrected chi connectivity index (χ3v) is 3.60. The van der Waals surface area contributed by atoms with E-state index in [9.17, 15) is 0 Å². The van der Waals surface area contributed by atoms with Crippen molar-refractivity contribution >= 4 is 11.6 Å². The monoisotopic (exact) mass is 267 g/mol. The Kier molecular flexibility index (Phi) is 5.48. The first kappa shape index (κ1) is 13.9. The zero-order valence-corrected chi connectivity index (χ0v) is 11.7. The lowest BCUT2D eigenvalue weighted by Crippen LogP contribution is -2.24. The van der Waals surface area contributed by atoms with Crippen LogP contribution in [-0.4, -0.2) is 26.3 Å². The number of likely N-dealkylation sites (N-methyl/N-ethyl adjacent to an activating group) is 1. The van der Waals surface area contributed by atoms with Crippen LogP contribution in [0.25, 0.3) is 0 Å². The average Bonchev–Trinajstić information content (AvgIpc) is 3.19. The lowest BCUT2D eigenvalue weighted by atomic mass is 10.00. The fourth-order valence-electron chi connectivity index (χ4n) is 1.99. The van der Waals surface area contributed by atoms with Crippen LogP contribution in [-0.2, 0) is 4.74 Å². The Morgan fingerprint density at radius 2 is 2.06 bits per heavy atom. The summed E-state index contributed by atoms with van der Waals surface area (Å²) in [5, 5.41) is 4.19. The van der Waals surface area contributed by atoms with Crippen molar-refractivity contribution in [3.63, 3.8) is 0 Å². The van der Waals surface area contributed by atoms with E-state index in [1.54, 1.807) is 0 Å². The van der Waals surface area contributed by atoms with Crippen molar-refractivity contribution in [1.29, 1.82) is 0 Å². The lowest BCUT2D eigenvalue weighted by molar-refractivity contribution is 0.110. The van der Waals surface area contributed by atoms with E-state index in [-0.39, 0.29) is 0 Å². The molecule has 1 saturated carbocycles. The van der Waals surface area contributed by atoms with E-state index >= 15 is 0 Å². The maximum Gasteiger partial charge on any atom is 0.0547 e. The van der Waals surface area contributed by atoms with Crippen molar-refractivity contribution in [2.75, 3.05) is 26.3 Å². The van der Waals surface area contributed by atoms with E-state index in [2.05, 4.69) is 24.4 Å². The molecule has 0 saturated heterocycles. The van der Waals surface area contributed by atoms with Gasteiger partial charge in [0.2, 0.25) is 0 Å². The fraction of sp³-hybridized carbons (Fsp3) is 0.600. The lowest BCUT2D eigenvalue weighted by Gasteiger charge is -2.18. The second-order valence-corrected chi connectivity index (χ2v) is 5.47. The molecule has 2 nitrogen and oxygen atoms in total. The highest BCUT2D eigenvalue weighted by Gasteiger charge is 2.22. The number of nitrogens with one attached hydrogen (secondary N) is 1. The van der Waals surface area contributed by atoms with Crippen LogP contribution in [0.4, 0.5) is 0 Å². The van der Waals surface area contributed by atoms with Crippen LogP contribution in [0, 0.1) is 5.92 Å². The Labute approximate surface area is 115 Å². The first-order valence-corrected chi connectivity index (χ1v) is 7.21. The molecule has 1 fully saturated rings. The van der Waals surface area contributed by atoms with E-state index in [0.29, 0.717) is 5.92 Å². The molecule has 1 N–H and O–H groups in total. The molecule has 1 aromatic carbocycles. The zero-order valence-electron chi connectivity index (χ0n) is 11.0. The van der Waals surface area contributed by atoms with Gasteiger partial charge in [0.1, 0.15) is 0 Å². The van der Waals surface area contributed by atoms with Crippen LogP contribution in [0.15, 0.2) is 24.3 Å². The Morgan fingerprint density at radius 3 is 2.67 bits per heavy atom. The highest BCUT2D eigenvalue weighted by molar-refractivity contribution is 6.30. The van der Waals surface area contributed by atoms with Gasteiger partial charge in [0.25, 0.3) is 0 Å². The molecular formula is C15H22ClNO. The van der Waals surface area contributed by atoms with Crippen molar-refractivity contribution in [1.82, 2.24) is 5.32 Å². The van der Waals surface area contributed by atoms with E-state index < -0.39 is 0 Å². The van der Waals surface area contributed by atoms with Gasteiger partial charge < -0.3 is 10.1 Å². The Bertz CT molecular complexity index is 348. The highest BCUT2D eigenvalue weighted by atomic mass is 35.5. The number of benzene rings is 1. The molecule has 0 heterocycles. The van der Waals surface area contributed by atoms with Crippen LogP contribution >= 0.6 is 11.6 Å². The van der Waals surface area contributed by atoms with Gasteiger partial charge in [0.15, 0.2) is 0 Å². The predicted octanol–water partition coefficient (Wildman–Crippen LogP) is 3.46. The normalized spacial score (nSPS) is 16.8. The number of rotatable bonds is 8. The summed E-state index contributed by atoms with van der Waals surface area (Å²) in [7, 11) is 0. The summed E-state index contributed by atoms with van der Waals surface area (Å²) in [5.41, 5.74) is 1.30. The molecule has 1 aromatic rings. The Balaban J connectivity index is 1.87. The second-order valence-electron chi connectivity index (χ2n) is 5.04. The van der Waals surface area contributed by atoms with Gasteiger partial charge in [-0.15, -0.1) is 0 Å². The van der Waals surface area contributed by atoms with E-state index in [1.165, 1.54) is 18.4 Å². The van der Waals surface area contributed by atoms with E-state index in [4.69, 9.17) is 16.3 Å². The number of hydrogen-bond donors (Lipinski definition) is 1. The summed E-state index contributed by atoms with van der Waals surface area (Å²) in [4.78, 5) is 0. The molecule has 0 aliphatic heterocycles. The quantitative estimate of drug-likeness (QED) is 0.779. The van der Waals surface area contributed by atoms with Crippen molar-refractivity contribution in [3.05, 3.63) is 34.9 Å². The predicted molar refractivity (Wildman–Crippen MR) is 76.3 cm³/mol. The van der Waals surface area contributed by atoms with E-state index in [1.807, 2.05) is 12.1 Å². The van der Waals surface area contributed by atoms with Crippen LogP contribution in [0.3, 0.4) is 0 Å². The SMILES string of the molecule is CCNCC(COCC1CC1)c1ccc(Cl)cc1. The molecule has 0 amide bonds. The minimum atomic E-state index is 0.418. The van der Waals surface area contributed by atoms with Crippen molar-refractivity contribution in [3.8, 4) is 0 Å². The average molecular weight is 268 g/mol. The number of ether oxygens (including phenoxy) is 1. The maximum absolute atomic E-state index is 5.93. The standard InChI is InChI=1S/C15H22ClNO/c1-2-17-9-14(11-18-10-12-3-4-12)13-5-7-15(16)8-6-13/h5-8,12,14,17H,2-4,9-11H2,1H3. The molecule has 1 atom stereocenters. The van der Waals surface area contributed by atoms with Crippen molar-refractivity contribution in [2.45, 2.75) is 25.7 Å². The first-order chi connectivity index (χ1) is 8.79. The molecule has 0 aromatic heterocycles. The zero-order chi connectivity index (χ0) is 12.8. The number of hydrogen-bond acceptors (Lipinski definition) is 2. The molecule has 2 rings (SSSR count). The van der Waals surface area contributed by atoms with Gasteiger partial charge in [-0.1, -0.05) is 30.7 Å². The van der Waals surface area contributed by atoms with E-state index in [0.717, 1.165) is 37.2 Å². The molecule has 0 spiro atoms. The molecule has 3 heteroatoms. The molecule has 1 unspecified atom stereocenters. The first-order valence-electron chi connectivity index (χ1n) is 6.83. The van der Waals surface area contributed by atoms with Crippen molar-refractivity contribution in [2.24, 2.45) is 5.92 Å². The molecule has 1 aliphatic rings. The molecule has 100 valence electrons. The largest absolute Gasteiger partial charge is 0.380 e. The molecule has 1 aliphatic carbocycles. The van der Waals surface area contributed by atoms with Gasteiger partial charge in [-0.25, -0.2) is 0 Å². The molecular weight excluding hydrogens is 246 g/mol. The summed E-state index contributed by atoms with van der Waals surface area (Å²) in [5.74, 6) is 1.25. The molecule has 0 radical (unpaired) electrons. The van der Waals surface area contributed by atoms with Crippen LogP contribution < -0.4 is 5.32 Å². The Hall–Kier alpha value is -0.570. The minimum absolute atomic E-state index is 0.418. The smallest absolute Gasteiger partial charge is 0.0547 e. The molecule has 0 bridgehead atoms. The van der Waals surface area contributed by atoms with Gasteiger partial charge in [0, 0.05) is 24.1 Å². The van der Waals surface area contributed by atoms with Gasteiger partial charge in [-0.2, -0.15) is 0 Å². The maximum atomic E-state index is 5.93. The topological polar surface area (TPSA) is 21.3 Å². The van der Waals surface area contributed by atoms with Crippen LogP contribution in [0.1, 0.15) is 31.2 Å². The second kappa shape index (κ2) is 7.13. The van der Waals surface area contributed by atoms with Crippen LogP contribution in [0.5, 0.6) is 0 Å². The highest BCUT2D eigenvalue weighted by Crippen LogP contribution is 2.29. The van der Waals surface area contributed by atoms with Gasteiger partial charge in [-0.3, -0.25) is 0 Å². The van der Waals surface area contributed by atoms with Gasteiger partial charge in [-0.05, 0) is 43.0 Å². The Morgan fingerprint density at radius 1 is 1.33 bits per heavy atom. The van der Waals surface area contributed by atoms with Gasteiger partial charge in [0.05, 0.1) is 6.61 Å². The summed E-state index contributed by atoms with van der Waals surface area (Å²) < 4.78 is 5.83. The van der Waals surface area contributed by atoms with Gasteiger partial charge >= 0.3 is 0 Å².